The zero-order valence-corrected chi connectivity index (χ0v) is 10.1. The van der Waals surface area contributed by atoms with Crippen LogP contribution in [0.3, 0.4) is 0 Å². The zero-order valence-electron chi connectivity index (χ0n) is 9.38. The number of ether oxygens (including phenoxy) is 2. The van der Waals surface area contributed by atoms with E-state index in [1.54, 1.807) is 0 Å². The third-order valence-electron chi connectivity index (χ3n) is 2.03. The van der Waals surface area contributed by atoms with Gasteiger partial charge in [0.2, 0.25) is 0 Å². The van der Waals surface area contributed by atoms with E-state index in [0.29, 0.717) is 0 Å². The van der Waals surface area contributed by atoms with Crippen LogP contribution in [0.4, 0.5) is 13.2 Å². The first kappa shape index (κ1) is 14.6. The summed E-state index contributed by atoms with van der Waals surface area (Å²) < 4.78 is 44.8. The van der Waals surface area contributed by atoms with E-state index in [0.717, 1.165) is 12.1 Å². The summed E-state index contributed by atoms with van der Waals surface area (Å²) in [6, 6.07) is 3.30. The summed E-state index contributed by atoms with van der Waals surface area (Å²) in [6.07, 6.45) is -4.80. The summed E-state index contributed by atoms with van der Waals surface area (Å²) >= 11 is 5.42. The fraction of sp³-hybridized carbons (Fsp3) is 0.364. The lowest BCUT2D eigenvalue weighted by molar-refractivity contribution is -0.274. The molecule has 0 unspecified atom stereocenters. The molecule has 100 valence electrons. The van der Waals surface area contributed by atoms with Crippen LogP contribution in [-0.4, -0.2) is 25.1 Å². The van der Waals surface area contributed by atoms with Crippen LogP contribution >= 0.6 is 11.6 Å². The molecule has 7 heteroatoms. The Labute approximate surface area is 106 Å². The molecule has 1 aromatic carbocycles. The van der Waals surface area contributed by atoms with Crippen LogP contribution in [0.1, 0.15) is 16.8 Å². The highest BCUT2D eigenvalue weighted by molar-refractivity contribution is 6.19. The molecule has 0 saturated carbocycles. The standard InChI is InChI=1S/C11H10ClF3O3/c1-17-10-3-2-7(18-11(13,14)15)6-8(10)9(16)4-5-12/h2-3,6H,4-5H2,1H3. The van der Waals surface area contributed by atoms with Crippen LogP contribution in [0.2, 0.25) is 0 Å². The van der Waals surface area contributed by atoms with Crippen molar-refractivity contribution >= 4 is 17.4 Å². The van der Waals surface area contributed by atoms with Gasteiger partial charge in [-0.2, -0.15) is 0 Å². The van der Waals surface area contributed by atoms with Gasteiger partial charge in [-0.1, -0.05) is 0 Å². The Bertz CT molecular complexity index is 432. The van der Waals surface area contributed by atoms with Gasteiger partial charge in [-0.3, -0.25) is 4.79 Å². The molecule has 3 nitrogen and oxygen atoms in total. The topological polar surface area (TPSA) is 35.5 Å². The normalized spacial score (nSPS) is 11.2. The molecule has 0 saturated heterocycles. The summed E-state index contributed by atoms with van der Waals surface area (Å²) in [4.78, 5) is 11.6. The smallest absolute Gasteiger partial charge is 0.496 e. The van der Waals surface area contributed by atoms with Crippen molar-refractivity contribution in [2.45, 2.75) is 12.8 Å². The first-order valence-electron chi connectivity index (χ1n) is 4.90. The molecule has 0 aliphatic carbocycles. The van der Waals surface area contributed by atoms with Crippen molar-refractivity contribution in [3.8, 4) is 11.5 Å². The molecule has 1 aromatic rings. The molecule has 0 amide bonds. The fourth-order valence-electron chi connectivity index (χ4n) is 1.32. The van der Waals surface area contributed by atoms with Crippen molar-refractivity contribution in [1.82, 2.24) is 0 Å². The number of benzene rings is 1. The van der Waals surface area contributed by atoms with E-state index in [9.17, 15) is 18.0 Å². The molecule has 0 aromatic heterocycles. The average molecular weight is 283 g/mol. The summed E-state index contributed by atoms with van der Waals surface area (Å²) in [5.41, 5.74) is 0.0138. The molecule has 1 rings (SSSR count). The molecule has 0 aliphatic rings. The van der Waals surface area contributed by atoms with Gasteiger partial charge in [0.1, 0.15) is 11.5 Å². The number of Topliss-reactive ketones (excluding diaryl/α,β-unsaturated/α-hetero) is 1. The third-order valence-corrected chi connectivity index (χ3v) is 2.22. The number of ketones is 1. The average Bonchev–Trinajstić information content (AvgIpc) is 2.27. The van der Waals surface area contributed by atoms with Crippen LogP contribution < -0.4 is 9.47 Å². The quantitative estimate of drug-likeness (QED) is 0.613. The van der Waals surface area contributed by atoms with Crippen molar-refractivity contribution in [2.75, 3.05) is 13.0 Å². The van der Waals surface area contributed by atoms with Crippen molar-refractivity contribution in [1.29, 1.82) is 0 Å². The van der Waals surface area contributed by atoms with E-state index in [1.807, 2.05) is 0 Å². The molecule has 0 atom stereocenters. The number of rotatable bonds is 5. The predicted molar refractivity (Wildman–Crippen MR) is 59.3 cm³/mol. The second kappa shape index (κ2) is 5.95. The molecule has 0 radical (unpaired) electrons. The summed E-state index contributed by atoms with van der Waals surface area (Å²) in [5, 5.41) is 0. The van der Waals surface area contributed by atoms with E-state index in [4.69, 9.17) is 16.3 Å². The number of methoxy groups -OCH3 is 1. The Kier molecular flexibility index (Phi) is 4.84. The monoisotopic (exact) mass is 282 g/mol. The van der Waals surface area contributed by atoms with E-state index in [1.165, 1.54) is 13.2 Å². The van der Waals surface area contributed by atoms with Gasteiger partial charge in [0.05, 0.1) is 12.7 Å². The molecule has 0 spiro atoms. The van der Waals surface area contributed by atoms with Crippen LogP contribution in [0.15, 0.2) is 18.2 Å². The highest BCUT2D eigenvalue weighted by Gasteiger charge is 2.31. The number of alkyl halides is 4. The van der Waals surface area contributed by atoms with Gasteiger partial charge in [0.15, 0.2) is 5.78 Å². The minimum atomic E-state index is -4.80. The van der Waals surface area contributed by atoms with Gasteiger partial charge >= 0.3 is 6.36 Å². The summed E-state index contributed by atoms with van der Waals surface area (Å²) in [6.45, 7) is 0. The zero-order chi connectivity index (χ0) is 13.8. The van der Waals surface area contributed by atoms with E-state index in [-0.39, 0.29) is 23.6 Å². The number of halogens is 4. The maximum absolute atomic E-state index is 12.0. The second-order valence-electron chi connectivity index (χ2n) is 3.27. The van der Waals surface area contributed by atoms with Gasteiger partial charge in [-0.15, -0.1) is 24.8 Å². The lowest BCUT2D eigenvalue weighted by Crippen LogP contribution is -2.17. The van der Waals surface area contributed by atoms with Crippen LogP contribution in [0.5, 0.6) is 11.5 Å². The van der Waals surface area contributed by atoms with Crippen molar-refractivity contribution in [2.24, 2.45) is 0 Å². The van der Waals surface area contributed by atoms with Crippen molar-refractivity contribution in [3.05, 3.63) is 23.8 Å². The molecule has 0 aliphatic heterocycles. The van der Waals surface area contributed by atoms with E-state index < -0.39 is 17.9 Å². The Morgan fingerprint density at radius 3 is 2.56 bits per heavy atom. The molecule has 0 N–H and O–H groups in total. The number of hydrogen-bond acceptors (Lipinski definition) is 3. The number of carbonyl (C=O) groups is 1. The molecular formula is C11H10ClF3O3. The van der Waals surface area contributed by atoms with Crippen molar-refractivity contribution < 1.29 is 27.4 Å². The van der Waals surface area contributed by atoms with Crippen LogP contribution in [0, 0.1) is 0 Å². The van der Waals surface area contributed by atoms with Gasteiger partial charge < -0.3 is 9.47 Å². The minimum absolute atomic E-state index is 0.00733. The fourth-order valence-corrected chi connectivity index (χ4v) is 1.49. The highest BCUT2D eigenvalue weighted by atomic mass is 35.5. The van der Waals surface area contributed by atoms with Gasteiger partial charge in [-0.05, 0) is 18.2 Å². The van der Waals surface area contributed by atoms with Gasteiger partial charge in [-0.25, -0.2) is 0 Å². The molecule has 0 bridgehead atoms. The maximum Gasteiger partial charge on any atom is 0.573 e. The van der Waals surface area contributed by atoms with Crippen LogP contribution in [-0.2, 0) is 0 Å². The lowest BCUT2D eigenvalue weighted by atomic mass is 10.1. The first-order chi connectivity index (χ1) is 8.37. The Morgan fingerprint density at radius 1 is 1.39 bits per heavy atom. The van der Waals surface area contributed by atoms with E-state index in [2.05, 4.69) is 4.74 Å². The highest BCUT2D eigenvalue weighted by Crippen LogP contribution is 2.29. The van der Waals surface area contributed by atoms with Crippen LogP contribution in [0.25, 0.3) is 0 Å². The molecular weight excluding hydrogens is 273 g/mol. The Morgan fingerprint density at radius 2 is 2.06 bits per heavy atom. The summed E-state index contributed by atoms with van der Waals surface area (Å²) in [5.74, 6) is -0.623. The SMILES string of the molecule is COc1ccc(OC(F)(F)F)cc1C(=O)CCCl. The van der Waals surface area contributed by atoms with Crippen molar-refractivity contribution in [3.63, 3.8) is 0 Å². The molecule has 0 heterocycles. The molecule has 0 fully saturated rings. The third kappa shape index (κ3) is 4.10. The van der Waals surface area contributed by atoms with Gasteiger partial charge in [0, 0.05) is 12.3 Å². The lowest BCUT2D eigenvalue weighted by Gasteiger charge is -2.12. The molecule has 18 heavy (non-hydrogen) atoms. The Balaban J connectivity index is 3.05. The largest absolute Gasteiger partial charge is 0.573 e. The number of hydrogen-bond donors (Lipinski definition) is 0. The van der Waals surface area contributed by atoms with Gasteiger partial charge in [0.25, 0.3) is 0 Å². The maximum atomic E-state index is 12.0. The Hall–Kier alpha value is -1.43. The second-order valence-corrected chi connectivity index (χ2v) is 3.65. The summed E-state index contributed by atoms with van der Waals surface area (Å²) in [7, 11) is 1.32. The van der Waals surface area contributed by atoms with E-state index >= 15 is 0 Å². The minimum Gasteiger partial charge on any atom is -0.496 e. The first-order valence-corrected chi connectivity index (χ1v) is 5.44. The number of carbonyl (C=O) groups excluding carboxylic acids is 1. The predicted octanol–water partition coefficient (Wildman–Crippen LogP) is 3.41.